The Hall–Kier alpha value is -0.920. The Morgan fingerprint density at radius 1 is 1.75 bits per heavy atom. The lowest BCUT2D eigenvalue weighted by Gasteiger charge is -1.92. The average Bonchev–Trinajstić information content (AvgIpc) is 2.19. The van der Waals surface area contributed by atoms with Crippen molar-refractivity contribution in [2.75, 3.05) is 11.9 Å². The van der Waals surface area contributed by atoms with E-state index >= 15 is 0 Å². The predicted octanol–water partition coefficient (Wildman–Crippen LogP) is 1.53. The van der Waals surface area contributed by atoms with E-state index in [1.54, 1.807) is 6.26 Å². The summed E-state index contributed by atoms with van der Waals surface area (Å²) in [7, 11) is 0. The molecule has 8 heavy (non-hydrogen) atoms. The Kier molecular flexibility index (Phi) is 1.57. The Balaban J connectivity index is 2.50. The molecule has 0 aliphatic carbocycles. The van der Waals surface area contributed by atoms with Gasteiger partial charge in [-0.2, -0.15) is 0 Å². The van der Waals surface area contributed by atoms with Gasteiger partial charge >= 0.3 is 0 Å². The first-order valence-electron chi connectivity index (χ1n) is 2.50. The number of hydrogen-bond acceptors (Lipinski definition) is 2. The number of furan rings is 1. The summed E-state index contributed by atoms with van der Waals surface area (Å²) in [6.45, 7) is 4.25. The third-order valence-electron chi connectivity index (χ3n) is 0.820. The SMILES string of the molecule is [CH2]CNc1ccco1. The molecule has 0 saturated heterocycles. The highest BCUT2D eigenvalue weighted by atomic mass is 16.3. The van der Waals surface area contributed by atoms with Crippen molar-refractivity contribution in [1.29, 1.82) is 0 Å². The summed E-state index contributed by atoms with van der Waals surface area (Å²) in [5, 5.41) is 2.91. The first kappa shape index (κ1) is 5.22. The highest BCUT2D eigenvalue weighted by molar-refractivity contribution is 5.29. The molecule has 1 heterocycles. The van der Waals surface area contributed by atoms with Crippen molar-refractivity contribution in [3.63, 3.8) is 0 Å². The van der Waals surface area contributed by atoms with Crippen molar-refractivity contribution in [3.8, 4) is 0 Å². The van der Waals surface area contributed by atoms with Crippen molar-refractivity contribution >= 4 is 5.88 Å². The molecule has 1 radical (unpaired) electrons. The number of hydrogen-bond donors (Lipinski definition) is 1. The van der Waals surface area contributed by atoms with Crippen LogP contribution in [0.2, 0.25) is 0 Å². The lowest BCUT2D eigenvalue weighted by molar-refractivity contribution is 0.581. The van der Waals surface area contributed by atoms with Gasteiger partial charge in [-0.1, -0.05) is 0 Å². The normalized spacial score (nSPS) is 9.12. The Morgan fingerprint density at radius 3 is 3.12 bits per heavy atom. The Labute approximate surface area is 48.5 Å². The summed E-state index contributed by atoms with van der Waals surface area (Å²) in [5.41, 5.74) is 0. The van der Waals surface area contributed by atoms with Crippen LogP contribution in [0.4, 0.5) is 5.88 Å². The summed E-state index contributed by atoms with van der Waals surface area (Å²) in [6, 6.07) is 3.68. The second-order valence-electron chi connectivity index (χ2n) is 1.40. The summed E-state index contributed by atoms with van der Waals surface area (Å²) in [4.78, 5) is 0. The van der Waals surface area contributed by atoms with Crippen LogP contribution in [0.3, 0.4) is 0 Å². The standard InChI is InChI=1S/C6H8NO/c1-2-7-6-4-3-5-8-6/h3-5,7H,1-2H2. The highest BCUT2D eigenvalue weighted by Gasteiger charge is 1.86. The molecule has 0 atom stereocenters. The van der Waals surface area contributed by atoms with Crippen LogP contribution >= 0.6 is 0 Å². The van der Waals surface area contributed by atoms with Gasteiger partial charge in [0.2, 0.25) is 0 Å². The van der Waals surface area contributed by atoms with E-state index in [1.165, 1.54) is 0 Å². The zero-order valence-electron chi connectivity index (χ0n) is 4.55. The van der Waals surface area contributed by atoms with E-state index in [4.69, 9.17) is 4.42 Å². The average molecular weight is 110 g/mol. The van der Waals surface area contributed by atoms with Gasteiger partial charge in [-0.05, 0) is 13.0 Å². The molecule has 43 valence electrons. The van der Waals surface area contributed by atoms with E-state index in [-0.39, 0.29) is 0 Å². The van der Waals surface area contributed by atoms with Crippen molar-refractivity contribution in [2.24, 2.45) is 0 Å². The van der Waals surface area contributed by atoms with Crippen LogP contribution in [-0.4, -0.2) is 6.54 Å². The molecule has 0 aliphatic heterocycles. The van der Waals surface area contributed by atoms with Gasteiger partial charge in [0.15, 0.2) is 5.88 Å². The molecule has 1 rings (SSSR count). The maximum Gasteiger partial charge on any atom is 0.192 e. The fraction of sp³-hybridized carbons (Fsp3) is 0.167. The third kappa shape index (κ3) is 1.03. The van der Waals surface area contributed by atoms with Gasteiger partial charge in [-0.25, -0.2) is 0 Å². The van der Waals surface area contributed by atoms with E-state index in [2.05, 4.69) is 12.2 Å². The van der Waals surface area contributed by atoms with E-state index in [0.29, 0.717) is 6.54 Å². The Morgan fingerprint density at radius 2 is 2.62 bits per heavy atom. The van der Waals surface area contributed by atoms with E-state index in [0.717, 1.165) is 5.88 Å². The summed E-state index contributed by atoms with van der Waals surface area (Å²) >= 11 is 0. The fourth-order valence-corrected chi connectivity index (χ4v) is 0.502. The van der Waals surface area contributed by atoms with E-state index in [1.807, 2.05) is 12.1 Å². The molecule has 2 nitrogen and oxygen atoms in total. The molecule has 2 heteroatoms. The third-order valence-corrected chi connectivity index (χ3v) is 0.820. The lowest BCUT2D eigenvalue weighted by Crippen LogP contribution is -1.93. The topological polar surface area (TPSA) is 25.2 Å². The number of anilines is 1. The first-order chi connectivity index (χ1) is 3.93. The maximum atomic E-state index is 4.92. The van der Waals surface area contributed by atoms with Gasteiger partial charge in [0, 0.05) is 12.6 Å². The zero-order valence-corrected chi connectivity index (χ0v) is 4.55. The van der Waals surface area contributed by atoms with Gasteiger partial charge in [-0.3, -0.25) is 0 Å². The van der Waals surface area contributed by atoms with Crippen molar-refractivity contribution in [3.05, 3.63) is 25.3 Å². The monoisotopic (exact) mass is 110 g/mol. The summed E-state index contributed by atoms with van der Waals surface area (Å²) in [5.74, 6) is 0.778. The molecule has 0 spiro atoms. The minimum absolute atomic E-state index is 0.660. The minimum atomic E-state index is 0.660. The molecule has 1 N–H and O–H groups in total. The van der Waals surface area contributed by atoms with E-state index < -0.39 is 0 Å². The van der Waals surface area contributed by atoms with Crippen molar-refractivity contribution in [2.45, 2.75) is 0 Å². The van der Waals surface area contributed by atoms with Crippen molar-refractivity contribution in [1.82, 2.24) is 0 Å². The second-order valence-corrected chi connectivity index (χ2v) is 1.40. The molecular formula is C6H8NO. The van der Waals surface area contributed by atoms with Crippen LogP contribution in [-0.2, 0) is 0 Å². The van der Waals surface area contributed by atoms with Crippen LogP contribution in [0.5, 0.6) is 0 Å². The molecule has 0 fully saturated rings. The van der Waals surface area contributed by atoms with Gasteiger partial charge < -0.3 is 9.73 Å². The van der Waals surface area contributed by atoms with Gasteiger partial charge in [0.05, 0.1) is 6.26 Å². The molecular weight excluding hydrogens is 102 g/mol. The largest absolute Gasteiger partial charge is 0.449 e. The zero-order chi connectivity index (χ0) is 5.82. The molecule has 0 unspecified atom stereocenters. The predicted molar refractivity (Wildman–Crippen MR) is 32.6 cm³/mol. The molecule has 0 aromatic carbocycles. The molecule has 1 aromatic rings. The number of rotatable bonds is 2. The van der Waals surface area contributed by atoms with Crippen LogP contribution in [0, 0.1) is 6.92 Å². The fourth-order valence-electron chi connectivity index (χ4n) is 0.502. The Bertz CT molecular complexity index is 134. The van der Waals surface area contributed by atoms with Crippen LogP contribution in [0.15, 0.2) is 22.8 Å². The minimum Gasteiger partial charge on any atom is -0.449 e. The summed E-state index contributed by atoms with van der Waals surface area (Å²) < 4.78 is 4.92. The highest BCUT2D eigenvalue weighted by Crippen LogP contribution is 2.04. The molecule has 0 bridgehead atoms. The lowest BCUT2D eigenvalue weighted by atomic mass is 10.6. The maximum absolute atomic E-state index is 4.92. The van der Waals surface area contributed by atoms with Crippen LogP contribution in [0.25, 0.3) is 0 Å². The quantitative estimate of drug-likeness (QED) is 0.624. The van der Waals surface area contributed by atoms with E-state index in [9.17, 15) is 0 Å². The first-order valence-corrected chi connectivity index (χ1v) is 2.50. The second kappa shape index (κ2) is 2.40. The molecule has 0 aliphatic rings. The van der Waals surface area contributed by atoms with Gasteiger partial charge in [-0.15, -0.1) is 0 Å². The van der Waals surface area contributed by atoms with Crippen LogP contribution in [0.1, 0.15) is 0 Å². The number of nitrogens with one attached hydrogen (secondary N) is 1. The molecule has 0 saturated carbocycles. The van der Waals surface area contributed by atoms with Crippen LogP contribution < -0.4 is 5.32 Å². The van der Waals surface area contributed by atoms with Gasteiger partial charge in [0.1, 0.15) is 0 Å². The smallest absolute Gasteiger partial charge is 0.192 e. The molecule has 0 amide bonds. The summed E-state index contributed by atoms with van der Waals surface area (Å²) in [6.07, 6.45) is 1.62. The molecule has 1 aromatic heterocycles. The van der Waals surface area contributed by atoms with Gasteiger partial charge in [0.25, 0.3) is 0 Å². The van der Waals surface area contributed by atoms with Crippen molar-refractivity contribution < 1.29 is 4.42 Å².